The summed E-state index contributed by atoms with van der Waals surface area (Å²) >= 11 is 6.40. The molecule has 4 rings (SSSR count). The number of fused-ring (bicyclic) bond motifs is 1. The summed E-state index contributed by atoms with van der Waals surface area (Å²) in [4.78, 5) is 26.0. The van der Waals surface area contributed by atoms with Crippen molar-refractivity contribution in [2.75, 3.05) is 5.75 Å². The largest absolute Gasteiger partial charge is 0.294 e. The van der Waals surface area contributed by atoms with Crippen LogP contribution in [-0.2, 0) is 21.1 Å². The normalized spacial score (nSPS) is 18.7. The van der Waals surface area contributed by atoms with Crippen molar-refractivity contribution in [1.29, 1.82) is 0 Å². The average Bonchev–Trinajstić information content (AvgIpc) is 3.18. The zero-order valence-corrected chi connectivity index (χ0v) is 16.2. The van der Waals surface area contributed by atoms with E-state index in [0.717, 1.165) is 5.56 Å². The quantitative estimate of drug-likeness (QED) is 0.579. The molecule has 0 spiro atoms. The highest BCUT2D eigenvalue weighted by molar-refractivity contribution is 7.91. The highest BCUT2D eigenvalue weighted by Gasteiger charge is 2.34. The van der Waals surface area contributed by atoms with Crippen molar-refractivity contribution in [3.63, 3.8) is 0 Å². The summed E-state index contributed by atoms with van der Waals surface area (Å²) < 4.78 is 25.7. The summed E-state index contributed by atoms with van der Waals surface area (Å²) in [5, 5.41) is 4.37. The third-order valence-corrected chi connectivity index (χ3v) is 7.23. The van der Waals surface area contributed by atoms with Gasteiger partial charge in [0.1, 0.15) is 0 Å². The predicted molar refractivity (Wildman–Crippen MR) is 101 cm³/mol. The number of carbonyl (C=O) groups excluding carboxylic acids is 2. The maximum Gasteiger partial charge on any atom is 0.199 e. The lowest BCUT2D eigenvalue weighted by Gasteiger charge is -2.19. The lowest BCUT2D eigenvalue weighted by molar-refractivity contribution is -0.115. The van der Waals surface area contributed by atoms with E-state index in [-0.39, 0.29) is 39.0 Å². The molecule has 1 aromatic heterocycles. The first-order valence-electron chi connectivity index (χ1n) is 8.66. The minimum Gasteiger partial charge on any atom is -0.294 e. The zero-order valence-electron chi connectivity index (χ0n) is 14.7. The predicted octanol–water partition coefficient (Wildman–Crippen LogP) is 3.02. The zero-order chi connectivity index (χ0) is 19.3. The third kappa shape index (κ3) is 2.95. The Hall–Kier alpha value is -2.25. The monoisotopic (exact) mass is 404 g/mol. The maximum atomic E-state index is 13.2. The fourth-order valence-corrected chi connectivity index (χ4v) is 5.61. The fraction of sp³-hybridized carbons (Fsp3) is 0.316. The molecule has 140 valence electrons. The van der Waals surface area contributed by atoms with Crippen LogP contribution in [0, 0.1) is 6.92 Å². The lowest BCUT2D eigenvalue weighted by Crippen LogP contribution is -2.22. The van der Waals surface area contributed by atoms with Crippen LogP contribution in [0.3, 0.4) is 0 Å². The molecule has 2 aliphatic rings. The van der Waals surface area contributed by atoms with Gasteiger partial charge in [0.05, 0.1) is 33.1 Å². The molecule has 1 aliphatic heterocycles. The number of aryl methyl sites for hydroxylation is 1. The van der Waals surface area contributed by atoms with Crippen molar-refractivity contribution in [2.45, 2.75) is 37.5 Å². The van der Waals surface area contributed by atoms with Gasteiger partial charge in [-0.15, -0.1) is 0 Å². The van der Waals surface area contributed by atoms with Crippen molar-refractivity contribution in [3.05, 3.63) is 51.8 Å². The summed E-state index contributed by atoms with van der Waals surface area (Å²) in [6, 6.07) is 2.83. The Morgan fingerprint density at radius 2 is 2.00 bits per heavy atom. The van der Waals surface area contributed by atoms with Gasteiger partial charge in [0, 0.05) is 18.2 Å². The van der Waals surface area contributed by atoms with Crippen LogP contribution >= 0.6 is 11.6 Å². The Balaban J connectivity index is 1.86. The number of sulfone groups is 1. The molecule has 2 heterocycles. The molecule has 1 aromatic carbocycles. The number of allylic oxidation sites excluding steroid dienone is 2. The molecule has 0 amide bonds. The summed E-state index contributed by atoms with van der Waals surface area (Å²) in [6.07, 6.45) is 5.22. The third-order valence-electron chi connectivity index (χ3n) is 5.00. The van der Waals surface area contributed by atoms with Gasteiger partial charge in [0.25, 0.3) is 0 Å². The minimum absolute atomic E-state index is 0.0147. The number of Topliss-reactive ketones (excluding diaryl/α,β-unsaturated/α-hetero) is 2. The number of nitrogens with zero attached hydrogens (tertiary/aromatic N) is 2. The topological polar surface area (TPSA) is 86.1 Å². The second kappa shape index (κ2) is 6.42. The van der Waals surface area contributed by atoms with Gasteiger partial charge in [-0.25, -0.2) is 13.1 Å². The summed E-state index contributed by atoms with van der Waals surface area (Å²) in [6.45, 7) is 1.88. The van der Waals surface area contributed by atoms with Gasteiger partial charge in [0.15, 0.2) is 21.4 Å². The van der Waals surface area contributed by atoms with Gasteiger partial charge in [-0.2, -0.15) is 5.10 Å². The Labute approximate surface area is 161 Å². The van der Waals surface area contributed by atoms with Crippen molar-refractivity contribution in [2.24, 2.45) is 0 Å². The van der Waals surface area contributed by atoms with Gasteiger partial charge in [0.2, 0.25) is 0 Å². The van der Waals surface area contributed by atoms with Crippen LogP contribution in [0.25, 0.3) is 5.70 Å². The van der Waals surface area contributed by atoms with E-state index < -0.39 is 15.6 Å². The van der Waals surface area contributed by atoms with Crippen LogP contribution in [0.1, 0.15) is 40.7 Å². The van der Waals surface area contributed by atoms with E-state index in [9.17, 15) is 18.0 Å². The van der Waals surface area contributed by atoms with Crippen molar-refractivity contribution < 1.29 is 18.0 Å². The fourth-order valence-electron chi connectivity index (χ4n) is 3.66. The molecule has 8 heteroatoms. The standard InChI is InChI=1S/C19H17ClN2O4S/c1-11-9-21-22(10-11)14-3-2-4-15(23)17(14)19(24)13-5-6-16-12(18(13)20)7-8-27(16,25)26/h5-6,9-10H,2-4,7-8H2,1H3. The minimum atomic E-state index is -3.35. The van der Waals surface area contributed by atoms with Crippen LogP contribution in [0.5, 0.6) is 0 Å². The maximum absolute atomic E-state index is 13.2. The molecule has 6 nitrogen and oxygen atoms in total. The van der Waals surface area contributed by atoms with E-state index >= 15 is 0 Å². The van der Waals surface area contributed by atoms with Gasteiger partial charge < -0.3 is 0 Å². The Bertz CT molecular complexity index is 1130. The van der Waals surface area contributed by atoms with E-state index in [0.29, 0.717) is 30.5 Å². The van der Waals surface area contributed by atoms with E-state index in [2.05, 4.69) is 5.10 Å². The number of aromatic nitrogens is 2. The Kier molecular flexibility index (Phi) is 4.31. The smallest absolute Gasteiger partial charge is 0.199 e. The average molecular weight is 405 g/mol. The number of carbonyl (C=O) groups is 2. The highest BCUT2D eigenvalue weighted by atomic mass is 35.5. The molecular formula is C19H17ClN2O4S. The van der Waals surface area contributed by atoms with Gasteiger partial charge >= 0.3 is 0 Å². The molecule has 0 N–H and O–H groups in total. The first-order chi connectivity index (χ1) is 12.8. The summed E-state index contributed by atoms with van der Waals surface area (Å²) in [5.74, 6) is -0.724. The SMILES string of the molecule is Cc1cnn(C2=C(C(=O)c3ccc4c(c3Cl)CCS4(=O)=O)C(=O)CCC2)c1. The molecule has 0 fully saturated rings. The molecule has 0 saturated heterocycles. The number of rotatable bonds is 3. The van der Waals surface area contributed by atoms with E-state index in [4.69, 9.17) is 11.6 Å². The molecule has 2 aromatic rings. The van der Waals surface area contributed by atoms with E-state index in [1.54, 1.807) is 17.1 Å². The second-order valence-corrected chi connectivity index (χ2v) is 9.32. The molecule has 0 unspecified atom stereocenters. The molecule has 27 heavy (non-hydrogen) atoms. The number of hydrogen-bond donors (Lipinski definition) is 0. The van der Waals surface area contributed by atoms with Crippen LogP contribution in [-0.4, -0.2) is 35.5 Å². The summed E-state index contributed by atoms with van der Waals surface area (Å²) in [7, 11) is -3.35. The number of halogens is 1. The van der Waals surface area contributed by atoms with Crippen LogP contribution in [0.4, 0.5) is 0 Å². The molecule has 0 saturated carbocycles. The van der Waals surface area contributed by atoms with Crippen molar-refractivity contribution in [3.8, 4) is 0 Å². The molecule has 0 bridgehead atoms. The van der Waals surface area contributed by atoms with Gasteiger partial charge in [-0.3, -0.25) is 9.59 Å². The highest BCUT2D eigenvalue weighted by Crippen LogP contribution is 2.36. The second-order valence-electron chi connectivity index (χ2n) is 6.86. The van der Waals surface area contributed by atoms with E-state index in [1.165, 1.54) is 12.1 Å². The first kappa shape index (κ1) is 18.1. The van der Waals surface area contributed by atoms with Crippen molar-refractivity contribution >= 4 is 38.7 Å². The van der Waals surface area contributed by atoms with Crippen molar-refractivity contribution in [1.82, 2.24) is 9.78 Å². The number of ketones is 2. The lowest BCUT2D eigenvalue weighted by atomic mass is 9.88. The van der Waals surface area contributed by atoms with Crippen LogP contribution in [0.15, 0.2) is 35.0 Å². The number of hydrogen-bond acceptors (Lipinski definition) is 5. The molecular weight excluding hydrogens is 388 g/mol. The summed E-state index contributed by atoms with van der Waals surface area (Å²) in [5.41, 5.74) is 2.20. The van der Waals surface area contributed by atoms with E-state index in [1.807, 2.05) is 6.92 Å². The van der Waals surface area contributed by atoms with Crippen LogP contribution in [0.2, 0.25) is 5.02 Å². The molecule has 0 atom stereocenters. The molecule has 1 aliphatic carbocycles. The first-order valence-corrected chi connectivity index (χ1v) is 10.7. The Morgan fingerprint density at radius 1 is 1.22 bits per heavy atom. The van der Waals surface area contributed by atoms with Gasteiger partial charge in [-0.1, -0.05) is 11.6 Å². The molecule has 0 radical (unpaired) electrons. The van der Waals surface area contributed by atoms with Gasteiger partial charge in [-0.05, 0) is 49.4 Å². The number of benzene rings is 1. The van der Waals surface area contributed by atoms with Crippen LogP contribution < -0.4 is 0 Å². The Morgan fingerprint density at radius 3 is 2.70 bits per heavy atom.